The standard InChI is InChI=1S/C29H24N12/c1-17-11-12-21-22(15-17)35-25(34-21)37-27-39-28(18-7-6-13-30-16-18)29(41-27,23-10-4-5-14-31-23)40-26(38-28)36-24-32-19-8-2-3-9-20(19)33-24/h2-16H,1H3,(H3,32,33,36,38,40)(H3,34,35,37,39,41)/t28-,29+/m0/s1. The lowest BCUT2D eigenvalue weighted by Gasteiger charge is -2.36. The molecule has 12 nitrogen and oxygen atoms in total. The molecule has 41 heavy (non-hydrogen) atoms. The highest BCUT2D eigenvalue weighted by molar-refractivity contribution is 6.01. The molecule has 2 atom stereocenters. The maximum atomic E-state index is 5.15. The first-order valence-corrected chi connectivity index (χ1v) is 13.1. The zero-order valence-electron chi connectivity index (χ0n) is 21.8. The zero-order valence-corrected chi connectivity index (χ0v) is 21.8. The number of para-hydroxylation sites is 2. The molecular weight excluding hydrogens is 516 g/mol. The van der Waals surface area contributed by atoms with Crippen LogP contribution >= 0.6 is 0 Å². The third-order valence-corrected chi connectivity index (χ3v) is 7.30. The Bertz CT molecular complexity index is 1940. The number of fused-ring (bicyclic) bond motifs is 3. The number of aryl methyl sites for hydroxylation is 1. The quantitative estimate of drug-likeness (QED) is 0.198. The van der Waals surface area contributed by atoms with Gasteiger partial charge in [0.15, 0.2) is 0 Å². The Kier molecular flexibility index (Phi) is 4.86. The monoisotopic (exact) mass is 540 g/mol. The maximum absolute atomic E-state index is 5.15. The Labute approximate surface area is 233 Å². The van der Waals surface area contributed by atoms with Crippen LogP contribution in [0.2, 0.25) is 0 Å². The van der Waals surface area contributed by atoms with Gasteiger partial charge in [-0.1, -0.05) is 30.3 Å². The van der Waals surface area contributed by atoms with Crippen molar-refractivity contribution in [3.8, 4) is 0 Å². The lowest BCUT2D eigenvalue weighted by atomic mass is 9.86. The number of hydrogen-bond acceptors (Lipinski definition) is 10. The summed E-state index contributed by atoms with van der Waals surface area (Å²) in [4.78, 5) is 35.4. The Hall–Kier alpha value is -5.78. The number of hydrogen-bond donors (Lipinski definition) is 6. The molecule has 4 aromatic heterocycles. The predicted octanol–water partition coefficient (Wildman–Crippen LogP) is 3.69. The lowest BCUT2D eigenvalue weighted by Crippen LogP contribution is -2.61. The minimum Gasteiger partial charge on any atom is -0.324 e. The van der Waals surface area contributed by atoms with Gasteiger partial charge in [0.25, 0.3) is 0 Å². The van der Waals surface area contributed by atoms with Gasteiger partial charge in [-0.2, -0.15) is 0 Å². The van der Waals surface area contributed by atoms with Crippen molar-refractivity contribution in [1.29, 1.82) is 0 Å². The van der Waals surface area contributed by atoms with Crippen molar-refractivity contribution in [2.24, 2.45) is 9.98 Å². The first kappa shape index (κ1) is 23.1. The van der Waals surface area contributed by atoms with E-state index in [1.807, 2.05) is 73.7 Å². The third-order valence-electron chi connectivity index (χ3n) is 7.30. The number of guanidine groups is 2. The summed E-state index contributed by atoms with van der Waals surface area (Å²) in [6.45, 7) is 2.05. The van der Waals surface area contributed by atoms with E-state index in [-0.39, 0.29) is 0 Å². The topological polar surface area (TPSA) is 156 Å². The fraction of sp³-hybridized carbons (Fsp3) is 0.103. The first-order valence-electron chi connectivity index (χ1n) is 13.1. The number of imidazole rings is 2. The summed E-state index contributed by atoms with van der Waals surface area (Å²) in [5.74, 6) is 2.04. The molecule has 0 amide bonds. The molecule has 0 fully saturated rings. The number of anilines is 2. The Morgan fingerprint density at radius 2 is 1.44 bits per heavy atom. The number of pyridine rings is 2. The largest absolute Gasteiger partial charge is 0.324 e. The highest BCUT2D eigenvalue weighted by atomic mass is 15.5. The van der Waals surface area contributed by atoms with Crippen LogP contribution in [0.15, 0.2) is 101 Å². The first-order chi connectivity index (χ1) is 20.1. The fourth-order valence-corrected chi connectivity index (χ4v) is 5.48. The normalized spacial score (nSPS) is 21.2. The average molecular weight is 541 g/mol. The SMILES string of the molecule is Cc1ccc2nc(NC3=N[C@]4(c5cccnc5)N=C(Nc5nc6ccccc6[nH]5)N[C@]4(c4ccccn4)N3)[nH]c2c1. The molecule has 8 rings (SSSR count). The summed E-state index contributed by atoms with van der Waals surface area (Å²) in [5.41, 5.74) is 3.83. The van der Waals surface area contributed by atoms with Crippen LogP contribution in [0.4, 0.5) is 11.9 Å². The third kappa shape index (κ3) is 3.61. The molecule has 2 aliphatic heterocycles. The second-order valence-corrected chi connectivity index (χ2v) is 10.0. The molecule has 0 saturated carbocycles. The van der Waals surface area contributed by atoms with Gasteiger partial charge < -0.3 is 20.6 Å². The summed E-state index contributed by atoms with van der Waals surface area (Å²) in [6.07, 6.45) is 5.24. The van der Waals surface area contributed by atoms with E-state index in [0.717, 1.165) is 33.2 Å². The molecule has 6 aromatic rings. The van der Waals surface area contributed by atoms with Crippen molar-refractivity contribution < 1.29 is 0 Å². The van der Waals surface area contributed by atoms with Gasteiger partial charge in [-0.25, -0.2) is 20.0 Å². The van der Waals surface area contributed by atoms with Gasteiger partial charge in [0.05, 0.1) is 27.8 Å². The highest BCUT2D eigenvalue weighted by Gasteiger charge is 2.64. The van der Waals surface area contributed by atoms with E-state index in [0.29, 0.717) is 29.5 Å². The van der Waals surface area contributed by atoms with Crippen molar-refractivity contribution >= 4 is 45.9 Å². The second-order valence-electron chi connectivity index (χ2n) is 10.0. The van der Waals surface area contributed by atoms with Crippen molar-refractivity contribution in [1.82, 2.24) is 40.5 Å². The smallest absolute Gasteiger partial charge is 0.231 e. The molecular formula is C29H24N12. The number of H-pyrrole nitrogens is 2. The predicted molar refractivity (Wildman–Crippen MR) is 157 cm³/mol. The van der Waals surface area contributed by atoms with Gasteiger partial charge in [-0.3, -0.25) is 20.6 Å². The maximum Gasteiger partial charge on any atom is 0.231 e. The van der Waals surface area contributed by atoms with Crippen LogP contribution in [0, 0.1) is 6.92 Å². The minimum absolute atomic E-state index is 0.466. The molecule has 200 valence electrons. The number of rotatable bonds is 4. The fourth-order valence-electron chi connectivity index (χ4n) is 5.48. The van der Waals surface area contributed by atoms with E-state index in [1.165, 1.54) is 0 Å². The molecule has 0 radical (unpaired) electrons. The summed E-state index contributed by atoms with van der Waals surface area (Å²) in [6, 6.07) is 23.5. The van der Waals surface area contributed by atoms with Crippen LogP contribution in [-0.2, 0) is 11.3 Å². The molecule has 12 heteroatoms. The minimum atomic E-state index is -1.21. The van der Waals surface area contributed by atoms with Gasteiger partial charge in [0.1, 0.15) is 0 Å². The molecule has 2 aliphatic rings. The molecule has 0 bridgehead atoms. The summed E-state index contributed by atoms with van der Waals surface area (Å²) in [5, 5.41) is 13.8. The number of aliphatic imine (C=N–C) groups is 2. The van der Waals surface area contributed by atoms with Crippen molar-refractivity contribution in [2.75, 3.05) is 10.6 Å². The van der Waals surface area contributed by atoms with Crippen LogP contribution in [0.1, 0.15) is 16.8 Å². The van der Waals surface area contributed by atoms with E-state index in [2.05, 4.69) is 47.3 Å². The Balaban J connectivity index is 1.25. The summed E-state index contributed by atoms with van der Waals surface area (Å²) >= 11 is 0. The lowest BCUT2D eigenvalue weighted by molar-refractivity contribution is 0.227. The number of nitrogens with zero attached hydrogens (tertiary/aromatic N) is 6. The van der Waals surface area contributed by atoms with Crippen LogP contribution < -0.4 is 21.3 Å². The molecule has 0 aliphatic carbocycles. The van der Waals surface area contributed by atoms with Gasteiger partial charge >= 0.3 is 0 Å². The van der Waals surface area contributed by atoms with Gasteiger partial charge in [-0.15, -0.1) is 0 Å². The van der Waals surface area contributed by atoms with Crippen LogP contribution in [0.25, 0.3) is 22.1 Å². The van der Waals surface area contributed by atoms with Crippen LogP contribution in [0.3, 0.4) is 0 Å². The van der Waals surface area contributed by atoms with Crippen molar-refractivity contribution in [3.63, 3.8) is 0 Å². The molecule has 0 saturated heterocycles. The molecule has 0 spiro atoms. The van der Waals surface area contributed by atoms with Crippen molar-refractivity contribution in [3.05, 3.63) is 108 Å². The van der Waals surface area contributed by atoms with E-state index >= 15 is 0 Å². The number of benzene rings is 2. The Morgan fingerprint density at radius 3 is 2.15 bits per heavy atom. The summed E-state index contributed by atoms with van der Waals surface area (Å²) < 4.78 is 0. The summed E-state index contributed by atoms with van der Waals surface area (Å²) in [7, 11) is 0. The number of aromatic amines is 2. The number of nitrogens with one attached hydrogen (secondary N) is 6. The van der Waals surface area contributed by atoms with Crippen molar-refractivity contribution in [2.45, 2.75) is 18.2 Å². The van der Waals surface area contributed by atoms with Gasteiger partial charge in [-0.05, 0) is 55.0 Å². The molecule has 0 unspecified atom stereocenters. The number of aromatic nitrogens is 6. The van der Waals surface area contributed by atoms with Crippen LogP contribution in [0.5, 0.6) is 0 Å². The van der Waals surface area contributed by atoms with E-state index in [9.17, 15) is 0 Å². The molecule has 6 N–H and O–H groups in total. The zero-order chi connectivity index (χ0) is 27.4. The average Bonchev–Trinajstić information content (AvgIpc) is 3.73. The van der Waals surface area contributed by atoms with E-state index in [1.54, 1.807) is 18.6 Å². The second kappa shape index (κ2) is 8.61. The molecule has 2 aromatic carbocycles. The highest BCUT2D eigenvalue weighted by Crippen LogP contribution is 2.49. The van der Waals surface area contributed by atoms with E-state index < -0.39 is 11.3 Å². The Morgan fingerprint density at radius 1 is 0.707 bits per heavy atom. The van der Waals surface area contributed by atoms with Crippen LogP contribution in [-0.4, -0.2) is 41.8 Å². The van der Waals surface area contributed by atoms with E-state index in [4.69, 9.17) is 20.0 Å². The van der Waals surface area contributed by atoms with Gasteiger partial charge in [0.2, 0.25) is 35.1 Å². The van der Waals surface area contributed by atoms with Gasteiger partial charge in [0, 0.05) is 24.2 Å². The molecule has 6 heterocycles.